The van der Waals surface area contributed by atoms with Crippen LogP contribution >= 0.6 is 0 Å². The molecule has 19 heavy (non-hydrogen) atoms. The summed E-state index contributed by atoms with van der Waals surface area (Å²) in [7, 11) is 0. The van der Waals surface area contributed by atoms with Crippen molar-refractivity contribution in [2.45, 2.75) is 60.0 Å². The molecule has 1 aliphatic heterocycles. The minimum atomic E-state index is -0.0897. The zero-order chi connectivity index (χ0) is 14.8. The molecule has 0 radical (unpaired) electrons. The Bertz CT molecular complexity index is 485. The molecule has 0 aliphatic carbocycles. The minimum Gasteiger partial charge on any atom is -0.507 e. The molecular weight excluding hydrogens is 236 g/mol. The predicted molar refractivity (Wildman–Crippen MR) is 81.2 cm³/mol. The summed E-state index contributed by atoms with van der Waals surface area (Å²) < 4.78 is 6.06. The number of ether oxygens (including phenoxy) is 1. The standard InChI is InChI=1S/C14H20O2.C3H6/c1-8-9(2)13-11(10(3)12(8)15)6-7-14(4,5)16-13;1-3-2/h15H,6-7H2,1-5H3;3H,1H2,2H3. The lowest BCUT2D eigenvalue weighted by molar-refractivity contribution is 0.0831. The Morgan fingerprint density at radius 3 is 2.21 bits per heavy atom. The smallest absolute Gasteiger partial charge is 0.127 e. The van der Waals surface area contributed by atoms with Gasteiger partial charge in [0.15, 0.2) is 0 Å². The largest absolute Gasteiger partial charge is 0.507 e. The molecule has 0 fully saturated rings. The molecule has 0 saturated heterocycles. The first-order valence-corrected chi connectivity index (χ1v) is 6.82. The highest BCUT2D eigenvalue weighted by Gasteiger charge is 2.30. The molecular formula is C17H26O2. The van der Waals surface area contributed by atoms with Gasteiger partial charge in [0.2, 0.25) is 0 Å². The maximum atomic E-state index is 10.0. The molecule has 2 rings (SSSR count). The van der Waals surface area contributed by atoms with Crippen molar-refractivity contribution in [2.75, 3.05) is 0 Å². The molecule has 0 aromatic heterocycles. The zero-order valence-corrected chi connectivity index (χ0v) is 13.1. The zero-order valence-electron chi connectivity index (χ0n) is 13.1. The van der Waals surface area contributed by atoms with Crippen LogP contribution in [0.4, 0.5) is 0 Å². The number of hydrogen-bond donors (Lipinski definition) is 1. The number of allylic oxidation sites excluding steroid dienone is 1. The minimum absolute atomic E-state index is 0.0897. The summed E-state index contributed by atoms with van der Waals surface area (Å²) >= 11 is 0. The van der Waals surface area contributed by atoms with E-state index in [1.54, 1.807) is 6.08 Å². The fourth-order valence-corrected chi connectivity index (χ4v) is 2.36. The second kappa shape index (κ2) is 5.68. The summed E-state index contributed by atoms with van der Waals surface area (Å²) in [4.78, 5) is 0. The fourth-order valence-electron chi connectivity index (χ4n) is 2.36. The number of rotatable bonds is 0. The number of aromatic hydroxyl groups is 1. The number of benzene rings is 1. The van der Waals surface area contributed by atoms with Gasteiger partial charge in [0.05, 0.1) is 0 Å². The number of phenols is 1. The highest BCUT2D eigenvalue weighted by molar-refractivity contribution is 5.58. The molecule has 1 aromatic rings. The third-order valence-corrected chi connectivity index (χ3v) is 3.70. The highest BCUT2D eigenvalue weighted by atomic mass is 16.5. The van der Waals surface area contributed by atoms with Gasteiger partial charge < -0.3 is 9.84 Å². The second-order valence-electron chi connectivity index (χ2n) is 5.80. The molecule has 1 aliphatic rings. The van der Waals surface area contributed by atoms with Gasteiger partial charge in [-0.2, -0.15) is 0 Å². The van der Waals surface area contributed by atoms with E-state index in [1.165, 1.54) is 5.56 Å². The Morgan fingerprint density at radius 1 is 1.16 bits per heavy atom. The van der Waals surface area contributed by atoms with E-state index in [0.717, 1.165) is 35.3 Å². The van der Waals surface area contributed by atoms with E-state index in [1.807, 2.05) is 27.7 Å². The molecule has 2 nitrogen and oxygen atoms in total. The first-order chi connectivity index (χ1) is 8.75. The molecule has 0 amide bonds. The molecule has 1 N–H and O–H groups in total. The molecule has 0 atom stereocenters. The summed E-state index contributed by atoms with van der Waals surface area (Å²) in [6.45, 7) is 15.4. The molecule has 0 saturated carbocycles. The van der Waals surface area contributed by atoms with Crippen molar-refractivity contribution >= 4 is 0 Å². The van der Waals surface area contributed by atoms with Crippen LogP contribution in [0.2, 0.25) is 0 Å². The summed E-state index contributed by atoms with van der Waals surface area (Å²) in [5.41, 5.74) is 4.08. The summed E-state index contributed by atoms with van der Waals surface area (Å²) in [5, 5.41) is 10.0. The third-order valence-electron chi connectivity index (χ3n) is 3.70. The lowest BCUT2D eigenvalue weighted by atomic mass is 9.88. The Kier molecular flexibility index (Phi) is 4.67. The van der Waals surface area contributed by atoms with E-state index in [9.17, 15) is 5.11 Å². The van der Waals surface area contributed by atoms with Gasteiger partial charge in [0.1, 0.15) is 17.1 Å². The highest BCUT2D eigenvalue weighted by Crippen LogP contribution is 2.42. The Labute approximate surface area is 117 Å². The van der Waals surface area contributed by atoms with Gasteiger partial charge >= 0.3 is 0 Å². The average molecular weight is 262 g/mol. The van der Waals surface area contributed by atoms with Gasteiger partial charge in [-0.3, -0.25) is 0 Å². The average Bonchev–Trinajstić information content (AvgIpc) is 2.34. The Morgan fingerprint density at radius 2 is 1.68 bits per heavy atom. The number of fused-ring (bicyclic) bond motifs is 1. The lowest BCUT2D eigenvalue weighted by Crippen LogP contribution is -2.33. The van der Waals surface area contributed by atoms with Crippen LogP contribution in [0.15, 0.2) is 12.7 Å². The van der Waals surface area contributed by atoms with Crippen molar-refractivity contribution < 1.29 is 9.84 Å². The third kappa shape index (κ3) is 3.12. The van der Waals surface area contributed by atoms with Gasteiger partial charge in [-0.1, -0.05) is 6.08 Å². The normalized spacial score (nSPS) is 15.7. The molecule has 0 bridgehead atoms. The predicted octanol–water partition coefficient (Wildman–Crippen LogP) is 4.61. The summed E-state index contributed by atoms with van der Waals surface area (Å²) in [5.74, 6) is 1.42. The van der Waals surface area contributed by atoms with Crippen LogP contribution in [0.3, 0.4) is 0 Å². The van der Waals surface area contributed by atoms with E-state index in [2.05, 4.69) is 20.4 Å². The lowest BCUT2D eigenvalue weighted by Gasteiger charge is -2.35. The second-order valence-corrected chi connectivity index (χ2v) is 5.80. The maximum Gasteiger partial charge on any atom is 0.127 e. The molecule has 106 valence electrons. The Hall–Kier alpha value is -1.44. The number of phenolic OH excluding ortho intramolecular Hbond substituents is 1. The van der Waals surface area contributed by atoms with E-state index in [0.29, 0.717) is 5.75 Å². The van der Waals surface area contributed by atoms with Crippen molar-refractivity contribution in [3.63, 3.8) is 0 Å². The fraction of sp³-hybridized carbons (Fsp3) is 0.529. The van der Waals surface area contributed by atoms with Gasteiger partial charge in [0, 0.05) is 5.56 Å². The van der Waals surface area contributed by atoms with Gasteiger partial charge in [-0.25, -0.2) is 0 Å². The van der Waals surface area contributed by atoms with Crippen molar-refractivity contribution in [1.82, 2.24) is 0 Å². The van der Waals surface area contributed by atoms with E-state index in [4.69, 9.17) is 4.74 Å². The van der Waals surface area contributed by atoms with Crippen molar-refractivity contribution in [3.8, 4) is 11.5 Å². The number of hydrogen-bond acceptors (Lipinski definition) is 2. The molecule has 2 heteroatoms. The molecule has 0 spiro atoms. The van der Waals surface area contributed by atoms with Gasteiger partial charge in [-0.15, -0.1) is 6.58 Å². The van der Waals surface area contributed by atoms with Gasteiger partial charge in [0.25, 0.3) is 0 Å². The van der Waals surface area contributed by atoms with Crippen LogP contribution in [-0.2, 0) is 6.42 Å². The van der Waals surface area contributed by atoms with E-state index < -0.39 is 0 Å². The van der Waals surface area contributed by atoms with Crippen LogP contribution < -0.4 is 4.74 Å². The van der Waals surface area contributed by atoms with Crippen molar-refractivity contribution in [1.29, 1.82) is 0 Å². The summed E-state index contributed by atoms with van der Waals surface area (Å²) in [6, 6.07) is 0. The van der Waals surface area contributed by atoms with E-state index in [-0.39, 0.29) is 5.60 Å². The maximum absolute atomic E-state index is 10.0. The molecule has 1 heterocycles. The van der Waals surface area contributed by atoms with Crippen molar-refractivity contribution in [2.24, 2.45) is 0 Å². The molecule has 0 unspecified atom stereocenters. The first-order valence-electron chi connectivity index (χ1n) is 6.82. The van der Waals surface area contributed by atoms with Gasteiger partial charge in [-0.05, 0) is 71.1 Å². The van der Waals surface area contributed by atoms with Crippen LogP contribution in [-0.4, -0.2) is 10.7 Å². The van der Waals surface area contributed by atoms with Crippen LogP contribution in [0, 0.1) is 20.8 Å². The van der Waals surface area contributed by atoms with Crippen LogP contribution in [0.1, 0.15) is 49.4 Å². The quantitative estimate of drug-likeness (QED) is 0.692. The Balaban J connectivity index is 0.000000550. The topological polar surface area (TPSA) is 29.5 Å². The van der Waals surface area contributed by atoms with Crippen LogP contribution in [0.5, 0.6) is 11.5 Å². The van der Waals surface area contributed by atoms with Crippen LogP contribution in [0.25, 0.3) is 0 Å². The van der Waals surface area contributed by atoms with Crippen molar-refractivity contribution in [3.05, 3.63) is 34.9 Å². The van der Waals surface area contributed by atoms with E-state index >= 15 is 0 Å². The monoisotopic (exact) mass is 262 g/mol. The summed E-state index contributed by atoms with van der Waals surface area (Å²) in [6.07, 6.45) is 3.74. The SMILES string of the molecule is C=CC.Cc1c(C)c2c(c(C)c1O)CCC(C)(C)O2. The first kappa shape index (κ1) is 15.6. The molecule has 1 aromatic carbocycles.